The van der Waals surface area contributed by atoms with E-state index < -0.39 is 0 Å². The summed E-state index contributed by atoms with van der Waals surface area (Å²) >= 11 is 0. The van der Waals surface area contributed by atoms with E-state index in [2.05, 4.69) is 22.4 Å². The molecule has 108 valence electrons. The van der Waals surface area contributed by atoms with Crippen LogP contribution in [0.4, 0.5) is 10.4 Å². The fraction of sp³-hybridized carbons (Fsp3) is 0.429. The molecule has 2 aromatic rings. The monoisotopic (exact) mass is 278 g/mol. The van der Waals surface area contributed by atoms with E-state index in [1.54, 1.807) is 30.1 Å². The average molecular weight is 278 g/mol. The molecule has 2 rings (SSSR count). The molecule has 0 spiro atoms. The van der Waals surface area contributed by atoms with Crippen LogP contribution in [0, 0.1) is 5.82 Å². The summed E-state index contributed by atoms with van der Waals surface area (Å²) in [6.07, 6.45) is 1.05. The van der Waals surface area contributed by atoms with Gasteiger partial charge in [-0.2, -0.15) is 0 Å². The van der Waals surface area contributed by atoms with Crippen LogP contribution in [0.5, 0.6) is 0 Å². The van der Waals surface area contributed by atoms with Crippen molar-refractivity contribution in [3.8, 4) is 0 Å². The zero-order valence-electron chi connectivity index (χ0n) is 11.8. The molecule has 0 fully saturated rings. The first-order valence-corrected chi connectivity index (χ1v) is 6.68. The van der Waals surface area contributed by atoms with Gasteiger partial charge in [0.1, 0.15) is 5.82 Å². The van der Waals surface area contributed by atoms with E-state index in [0.717, 1.165) is 13.0 Å². The molecule has 0 radical (unpaired) electrons. The van der Waals surface area contributed by atoms with E-state index in [-0.39, 0.29) is 5.82 Å². The van der Waals surface area contributed by atoms with Crippen LogP contribution >= 0.6 is 0 Å². The van der Waals surface area contributed by atoms with Crippen molar-refractivity contribution in [2.75, 3.05) is 18.5 Å². The molecule has 0 aliphatic heterocycles. The molecule has 6 heteroatoms. The van der Waals surface area contributed by atoms with Gasteiger partial charge in [-0.1, -0.05) is 30.2 Å². The largest absolute Gasteiger partial charge is 0.407 e. The molecule has 1 heterocycles. The van der Waals surface area contributed by atoms with Gasteiger partial charge in [-0.3, -0.25) is 0 Å². The Balaban J connectivity index is 1.96. The highest BCUT2D eigenvalue weighted by Crippen LogP contribution is 2.15. The lowest BCUT2D eigenvalue weighted by molar-refractivity contribution is 0.464. The molecular weight excluding hydrogens is 259 g/mol. The van der Waals surface area contributed by atoms with Gasteiger partial charge in [-0.25, -0.2) is 4.39 Å². The molecule has 1 aromatic carbocycles. The van der Waals surface area contributed by atoms with Gasteiger partial charge in [0, 0.05) is 19.2 Å². The van der Waals surface area contributed by atoms with Crippen LogP contribution in [0.15, 0.2) is 28.7 Å². The van der Waals surface area contributed by atoms with Gasteiger partial charge in [-0.05, 0) is 19.0 Å². The van der Waals surface area contributed by atoms with Gasteiger partial charge in [0.25, 0.3) is 0 Å². The Morgan fingerprint density at radius 2 is 2.10 bits per heavy atom. The highest BCUT2D eigenvalue weighted by atomic mass is 19.1. The van der Waals surface area contributed by atoms with Crippen molar-refractivity contribution in [3.05, 3.63) is 41.5 Å². The zero-order chi connectivity index (χ0) is 14.4. The van der Waals surface area contributed by atoms with Gasteiger partial charge in [0.2, 0.25) is 5.89 Å². The molecule has 0 saturated heterocycles. The van der Waals surface area contributed by atoms with E-state index in [1.807, 2.05) is 0 Å². The number of hydrogen-bond donors (Lipinski definition) is 1. The van der Waals surface area contributed by atoms with E-state index in [9.17, 15) is 4.39 Å². The minimum atomic E-state index is -0.233. The second kappa shape index (κ2) is 7.00. The van der Waals surface area contributed by atoms with E-state index in [1.165, 1.54) is 6.07 Å². The summed E-state index contributed by atoms with van der Waals surface area (Å²) in [6.45, 7) is 3.93. The van der Waals surface area contributed by atoms with Crippen molar-refractivity contribution in [2.45, 2.75) is 26.4 Å². The van der Waals surface area contributed by atoms with Crippen molar-refractivity contribution in [1.29, 1.82) is 0 Å². The SMILES string of the molecule is CCCNCc1nnc(N(C)Cc2ccccc2F)o1. The number of anilines is 1. The second-order valence-corrected chi connectivity index (χ2v) is 4.60. The highest BCUT2D eigenvalue weighted by molar-refractivity contribution is 5.27. The fourth-order valence-corrected chi connectivity index (χ4v) is 1.79. The molecule has 0 aliphatic carbocycles. The summed E-state index contributed by atoms with van der Waals surface area (Å²) in [4.78, 5) is 1.73. The maximum absolute atomic E-state index is 13.6. The molecule has 0 unspecified atom stereocenters. The minimum absolute atomic E-state index is 0.233. The van der Waals surface area contributed by atoms with Crippen molar-refractivity contribution in [2.24, 2.45) is 0 Å². The molecule has 0 bridgehead atoms. The third-order valence-electron chi connectivity index (χ3n) is 2.85. The molecule has 0 amide bonds. The van der Waals surface area contributed by atoms with E-state index >= 15 is 0 Å². The Bertz CT molecular complexity index is 543. The quantitative estimate of drug-likeness (QED) is 0.788. The standard InChI is InChI=1S/C14H19FN4O/c1-3-8-16-9-13-17-18-14(20-13)19(2)10-11-6-4-5-7-12(11)15/h4-7,16H,3,8-10H2,1-2H3. The number of rotatable bonds is 7. The van der Waals surface area contributed by atoms with Crippen LogP contribution in [0.1, 0.15) is 24.8 Å². The van der Waals surface area contributed by atoms with Crippen LogP contribution in [0.25, 0.3) is 0 Å². The lowest BCUT2D eigenvalue weighted by atomic mass is 10.2. The van der Waals surface area contributed by atoms with Gasteiger partial charge < -0.3 is 14.6 Å². The zero-order valence-corrected chi connectivity index (χ0v) is 11.8. The first-order chi connectivity index (χ1) is 9.70. The lowest BCUT2D eigenvalue weighted by Gasteiger charge is -2.14. The maximum atomic E-state index is 13.6. The van der Waals surface area contributed by atoms with Crippen molar-refractivity contribution < 1.29 is 8.81 Å². The maximum Gasteiger partial charge on any atom is 0.318 e. The summed E-state index contributed by atoms with van der Waals surface area (Å²) in [6, 6.07) is 7.05. The number of hydrogen-bond acceptors (Lipinski definition) is 5. The van der Waals surface area contributed by atoms with Gasteiger partial charge in [0.15, 0.2) is 0 Å². The number of aromatic nitrogens is 2. The number of benzene rings is 1. The Hall–Kier alpha value is -1.95. The topological polar surface area (TPSA) is 54.2 Å². The number of nitrogens with one attached hydrogen (secondary N) is 1. The molecule has 0 aliphatic rings. The summed E-state index contributed by atoms with van der Waals surface area (Å²) in [7, 11) is 1.79. The predicted molar refractivity (Wildman–Crippen MR) is 74.8 cm³/mol. The highest BCUT2D eigenvalue weighted by Gasteiger charge is 2.12. The fourth-order valence-electron chi connectivity index (χ4n) is 1.79. The molecular formula is C14H19FN4O. The summed E-state index contributed by atoms with van der Waals surface area (Å²) < 4.78 is 19.1. The van der Waals surface area contributed by atoms with Crippen LogP contribution in [-0.2, 0) is 13.1 Å². The first kappa shape index (κ1) is 14.5. The molecule has 0 saturated carbocycles. The van der Waals surface area contributed by atoms with Gasteiger partial charge >= 0.3 is 6.01 Å². The van der Waals surface area contributed by atoms with Crippen molar-refractivity contribution >= 4 is 6.01 Å². The van der Waals surface area contributed by atoms with Crippen LogP contribution in [-0.4, -0.2) is 23.8 Å². The third-order valence-corrected chi connectivity index (χ3v) is 2.85. The van der Waals surface area contributed by atoms with E-state index in [4.69, 9.17) is 4.42 Å². The molecule has 1 aromatic heterocycles. The van der Waals surface area contributed by atoms with Crippen molar-refractivity contribution in [3.63, 3.8) is 0 Å². The van der Waals surface area contributed by atoms with Gasteiger partial charge in [-0.15, -0.1) is 5.10 Å². The molecule has 0 atom stereocenters. The molecule has 1 N–H and O–H groups in total. The summed E-state index contributed by atoms with van der Waals surface area (Å²) in [5.74, 6) is 0.303. The minimum Gasteiger partial charge on any atom is -0.407 e. The molecule has 5 nitrogen and oxygen atoms in total. The Labute approximate surface area is 117 Å². The predicted octanol–water partition coefficient (Wildman–Crippen LogP) is 2.34. The number of nitrogens with zero attached hydrogens (tertiary/aromatic N) is 3. The lowest BCUT2D eigenvalue weighted by Crippen LogP contribution is -2.17. The summed E-state index contributed by atoms with van der Waals surface area (Å²) in [5, 5.41) is 11.1. The number of halogens is 1. The van der Waals surface area contributed by atoms with Crippen LogP contribution in [0.2, 0.25) is 0 Å². The average Bonchev–Trinajstić information content (AvgIpc) is 2.91. The second-order valence-electron chi connectivity index (χ2n) is 4.60. The third kappa shape index (κ3) is 3.77. The van der Waals surface area contributed by atoms with Gasteiger partial charge in [0.05, 0.1) is 6.54 Å². The Morgan fingerprint density at radius 3 is 2.85 bits per heavy atom. The first-order valence-electron chi connectivity index (χ1n) is 6.68. The smallest absolute Gasteiger partial charge is 0.318 e. The molecule has 20 heavy (non-hydrogen) atoms. The van der Waals surface area contributed by atoms with Crippen molar-refractivity contribution in [1.82, 2.24) is 15.5 Å². The Kier molecular flexibility index (Phi) is 5.06. The van der Waals surface area contributed by atoms with E-state index in [0.29, 0.717) is 30.6 Å². The van der Waals surface area contributed by atoms with Crippen LogP contribution in [0.3, 0.4) is 0 Å². The summed E-state index contributed by atoms with van der Waals surface area (Å²) in [5.41, 5.74) is 0.596. The Morgan fingerprint density at radius 1 is 1.30 bits per heavy atom. The normalized spacial score (nSPS) is 10.8. The van der Waals surface area contributed by atoms with Crippen LogP contribution < -0.4 is 10.2 Å².